The highest BCUT2D eigenvalue weighted by Crippen LogP contribution is 2.37. The molecule has 1 aliphatic rings. The Morgan fingerprint density at radius 2 is 2.25 bits per heavy atom. The second-order valence-corrected chi connectivity index (χ2v) is 3.62. The molecule has 0 aromatic carbocycles. The third kappa shape index (κ3) is 2.75. The summed E-state index contributed by atoms with van der Waals surface area (Å²) in [5.74, 6) is -0.484. The topological polar surface area (TPSA) is 110 Å². The first-order chi connectivity index (χ1) is 7.65. The normalized spacial score (nSPS) is 14.8. The fraction of sp³-hybridized carbons (Fsp3) is 0.625. The van der Waals surface area contributed by atoms with Crippen molar-refractivity contribution in [2.24, 2.45) is 0 Å². The number of carboxylic acids is 1. The number of carbonyl (C=O) groups excluding carboxylic acids is 1. The van der Waals surface area contributed by atoms with E-state index in [9.17, 15) is 9.59 Å². The van der Waals surface area contributed by atoms with Gasteiger partial charge < -0.3 is 10.4 Å². The van der Waals surface area contributed by atoms with E-state index in [1.165, 1.54) is 4.80 Å². The molecule has 1 aromatic rings. The third-order valence-corrected chi connectivity index (χ3v) is 2.13. The number of hydrogen-bond acceptors (Lipinski definition) is 5. The Bertz CT molecular complexity index is 412. The van der Waals surface area contributed by atoms with E-state index < -0.39 is 18.4 Å². The summed E-state index contributed by atoms with van der Waals surface area (Å²) in [4.78, 5) is 22.6. The van der Waals surface area contributed by atoms with Crippen LogP contribution in [-0.2, 0) is 16.1 Å². The number of nitrogens with one attached hydrogen (secondary N) is 1. The van der Waals surface area contributed by atoms with E-state index in [0.29, 0.717) is 11.7 Å². The first kappa shape index (κ1) is 10.5. The van der Waals surface area contributed by atoms with Crippen LogP contribution in [0.4, 0.5) is 0 Å². The van der Waals surface area contributed by atoms with Crippen molar-refractivity contribution in [2.75, 3.05) is 6.54 Å². The molecular formula is C8H11N5O3. The molecule has 1 fully saturated rings. The molecule has 0 bridgehead atoms. The molecule has 2 N–H and O–H groups in total. The summed E-state index contributed by atoms with van der Waals surface area (Å²) in [7, 11) is 0. The van der Waals surface area contributed by atoms with Crippen LogP contribution in [0, 0.1) is 0 Å². The molecule has 0 atom stereocenters. The lowest BCUT2D eigenvalue weighted by Gasteiger charge is -1.99. The van der Waals surface area contributed by atoms with Crippen molar-refractivity contribution < 1.29 is 14.7 Å². The van der Waals surface area contributed by atoms with Crippen molar-refractivity contribution in [3.63, 3.8) is 0 Å². The van der Waals surface area contributed by atoms with E-state index in [2.05, 4.69) is 20.7 Å². The van der Waals surface area contributed by atoms with Gasteiger partial charge in [-0.15, -0.1) is 10.2 Å². The minimum absolute atomic E-state index is 0.104. The van der Waals surface area contributed by atoms with Crippen LogP contribution in [0.5, 0.6) is 0 Å². The zero-order chi connectivity index (χ0) is 11.5. The molecule has 1 heterocycles. The Morgan fingerprint density at radius 1 is 1.50 bits per heavy atom. The maximum Gasteiger partial charge on any atom is 0.322 e. The Morgan fingerprint density at radius 3 is 2.88 bits per heavy atom. The van der Waals surface area contributed by atoms with E-state index in [1.807, 2.05) is 0 Å². The Hall–Kier alpha value is -1.99. The molecule has 16 heavy (non-hydrogen) atoms. The number of aromatic nitrogens is 4. The van der Waals surface area contributed by atoms with Crippen molar-refractivity contribution in [1.29, 1.82) is 0 Å². The summed E-state index contributed by atoms with van der Waals surface area (Å²) in [6.07, 6.45) is 2.13. The smallest absolute Gasteiger partial charge is 0.322 e. The average molecular weight is 225 g/mol. The highest BCUT2D eigenvalue weighted by Gasteiger charge is 2.28. The molecule has 8 nitrogen and oxygen atoms in total. The van der Waals surface area contributed by atoms with Gasteiger partial charge in [0.1, 0.15) is 13.1 Å². The largest absolute Gasteiger partial charge is 0.480 e. The van der Waals surface area contributed by atoms with E-state index >= 15 is 0 Å². The van der Waals surface area contributed by atoms with Gasteiger partial charge in [0.25, 0.3) is 0 Å². The molecule has 0 unspecified atom stereocenters. The summed E-state index contributed by atoms with van der Waals surface area (Å²) < 4.78 is 0. The number of aliphatic carboxylic acids is 1. The quantitative estimate of drug-likeness (QED) is 0.648. The van der Waals surface area contributed by atoms with Crippen LogP contribution in [0.15, 0.2) is 0 Å². The number of carbonyl (C=O) groups is 2. The van der Waals surface area contributed by atoms with Gasteiger partial charge in [0.05, 0.1) is 0 Å². The summed E-state index contributed by atoms with van der Waals surface area (Å²) in [5.41, 5.74) is 0. The average Bonchev–Trinajstić information content (AvgIpc) is 2.98. The molecule has 0 saturated heterocycles. The van der Waals surface area contributed by atoms with Crippen LogP contribution < -0.4 is 5.32 Å². The fourth-order valence-electron chi connectivity index (χ4n) is 1.19. The molecular weight excluding hydrogens is 214 g/mol. The van der Waals surface area contributed by atoms with E-state index in [4.69, 9.17) is 5.11 Å². The van der Waals surface area contributed by atoms with Crippen LogP contribution in [0.2, 0.25) is 0 Å². The standard InChI is InChI=1S/C8H11N5O3/c14-6(9-3-7(15)16)4-13-11-8(10-12-13)5-1-2-5/h5H,1-4H2,(H,9,14)(H,15,16). The first-order valence-corrected chi connectivity index (χ1v) is 4.91. The van der Waals surface area contributed by atoms with Gasteiger partial charge in [-0.05, 0) is 18.1 Å². The lowest BCUT2D eigenvalue weighted by atomic mass is 10.4. The molecule has 1 saturated carbocycles. The summed E-state index contributed by atoms with van der Waals surface area (Å²) in [5, 5.41) is 22.1. The number of hydrogen-bond donors (Lipinski definition) is 2. The van der Waals surface area contributed by atoms with Gasteiger partial charge in [-0.1, -0.05) is 0 Å². The highest BCUT2D eigenvalue weighted by molar-refractivity contribution is 5.80. The molecule has 2 rings (SSSR count). The van der Waals surface area contributed by atoms with Gasteiger partial charge in [0.15, 0.2) is 5.82 Å². The van der Waals surface area contributed by atoms with Gasteiger partial charge >= 0.3 is 5.97 Å². The predicted molar refractivity (Wildman–Crippen MR) is 50.4 cm³/mol. The lowest BCUT2D eigenvalue weighted by molar-refractivity contribution is -0.138. The second kappa shape index (κ2) is 4.25. The van der Waals surface area contributed by atoms with E-state index in [-0.39, 0.29) is 6.54 Å². The van der Waals surface area contributed by atoms with Crippen molar-refractivity contribution >= 4 is 11.9 Å². The maximum atomic E-state index is 11.2. The molecule has 0 aliphatic heterocycles. The van der Waals surface area contributed by atoms with E-state index in [0.717, 1.165) is 12.8 Å². The summed E-state index contributed by atoms with van der Waals surface area (Å²) in [6, 6.07) is 0. The van der Waals surface area contributed by atoms with Crippen molar-refractivity contribution in [1.82, 2.24) is 25.5 Å². The second-order valence-electron chi connectivity index (χ2n) is 3.62. The minimum Gasteiger partial charge on any atom is -0.480 e. The van der Waals surface area contributed by atoms with E-state index in [1.54, 1.807) is 0 Å². The van der Waals surface area contributed by atoms with Crippen LogP contribution in [-0.4, -0.2) is 43.7 Å². The molecule has 1 aliphatic carbocycles. The Kier molecular flexibility index (Phi) is 2.80. The van der Waals surface area contributed by atoms with Crippen molar-refractivity contribution in [2.45, 2.75) is 25.3 Å². The highest BCUT2D eigenvalue weighted by atomic mass is 16.4. The third-order valence-electron chi connectivity index (χ3n) is 2.13. The van der Waals surface area contributed by atoms with Gasteiger partial charge in [-0.25, -0.2) is 0 Å². The molecule has 8 heteroatoms. The van der Waals surface area contributed by atoms with Gasteiger partial charge in [-0.2, -0.15) is 4.80 Å². The number of nitrogens with zero attached hydrogens (tertiary/aromatic N) is 4. The van der Waals surface area contributed by atoms with Crippen molar-refractivity contribution in [3.05, 3.63) is 5.82 Å². The number of amides is 1. The van der Waals surface area contributed by atoms with Gasteiger partial charge in [-0.3, -0.25) is 9.59 Å². The lowest BCUT2D eigenvalue weighted by Crippen LogP contribution is -2.32. The van der Waals surface area contributed by atoms with Crippen LogP contribution >= 0.6 is 0 Å². The maximum absolute atomic E-state index is 11.2. The predicted octanol–water partition coefficient (Wildman–Crippen LogP) is -1.25. The molecule has 0 spiro atoms. The Labute approximate surface area is 90.6 Å². The van der Waals surface area contributed by atoms with Crippen LogP contribution in [0.3, 0.4) is 0 Å². The van der Waals surface area contributed by atoms with Crippen LogP contribution in [0.25, 0.3) is 0 Å². The fourth-order valence-corrected chi connectivity index (χ4v) is 1.19. The monoisotopic (exact) mass is 225 g/mol. The zero-order valence-electron chi connectivity index (χ0n) is 8.46. The SMILES string of the molecule is O=C(O)CNC(=O)Cn1nnc(C2CC2)n1. The number of tetrazole rings is 1. The number of rotatable bonds is 5. The number of carboxylic acid groups (broad SMARTS) is 1. The minimum atomic E-state index is -1.08. The van der Waals surface area contributed by atoms with Crippen LogP contribution in [0.1, 0.15) is 24.6 Å². The first-order valence-electron chi connectivity index (χ1n) is 4.91. The van der Waals surface area contributed by atoms with Gasteiger partial charge in [0, 0.05) is 5.92 Å². The molecule has 1 aromatic heterocycles. The molecule has 0 radical (unpaired) electrons. The molecule has 1 amide bonds. The zero-order valence-corrected chi connectivity index (χ0v) is 8.46. The molecule has 86 valence electrons. The van der Waals surface area contributed by atoms with Crippen molar-refractivity contribution in [3.8, 4) is 0 Å². The Balaban J connectivity index is 1.83. The summed E-state index contributed by atoms with van der Waals surface area (Å²) in [6.45, 7) is -0.504. The summed E-state index contributed by atoms with van der Waals surface area (Å²) >= 11 is 0. The van der Waals surface area contributed by atoms with Gasteiger partial charge in [0.2, 0.25) is 5.91 Å².